The van der Waals surface area contributed by atoms with Crippen molar-refractivity contribution in [1.82, 2.24) is 10.2 Å². The number of nitrogens with one attached hydrogen (secondary N) is 1. The molecule has 1 heterocycles. The first-order valence-corrected chi connectivity index (χ1v) is 7.91. The molecule has 20 heavy (non-hydrogen) atoms. The maximum atomic E-state index is 5.07. The van der Waals surface area contributed by atoms with Gasteiger partial charge in [-0.15, -0.1) is 0 Å². The van der Waals surface area contributed by atoms with E-state index in [0.29, 0.717) is 0 Å². The molecule has 1 saturated heterocycles. The monoisotopic (exact) mass is 341 g/mol. The minimum absolute atomic E-state index is 0.748. The number of likely N-dealkylation sites (N-methyl/N-ethyl adjacent to an activating group) is 1. The SMILES string of the molecule is COCCNCc1cc(Br)ccc1N1CCN(C)CC1. The zero-order valence-corrected chi connectivity index (χ0v) is 13.9. The van der Waals surface area contributed by atoms with Crippen molar-refractivity contribution in [2.75, 3.05) is 58.4 Å². The van der Waals surface area contributed by atoms with Crippen LogP contribution in [0.3, 0.4) is 0 Å². The topological polar surface area (TPSA) is 27.7 Å². The predicted molar refractivity (Wildman–Crippen MR) is 87.4 cm³/mol. The second kappa shape index (κ2) is 7.98. The summed E-state index contributed by atoms with van der Waals surface area (Å²) in [5, 5.41) is 3.44. The number of nitrogens with zero attached hydrogens (tertiary/aromatic N) is 2. The third kappa shape index (κ3) is 4.45. The quantitative estimate of drug-likeness (QED) is 0.800. The molecule has 4 nitrogen and oxygen atoms in total. The van der Waals surface area contributed by atoms with Crippen molar-refractivity contribution < 1.29 is 4.74 Å². The van der Waals surface area contributed by atoms with Gasteiger partial charge in [0.2, 0.25) is 0 Å². The molecule has 1 aromatic carbocycles. The lowest BCUT2D eigenvalue weighted by Gasteiger charge is -2.35. The summed E-state index contributed by atoms with van der Waals surface area (Å²) < 4.78 is 6.21. The van der Waals surface area contributed by atoms with Crippen molar-refractivity contribution in [2.45, 2.75) is 6.54 Å². The van der Waals surface area contributed by atoms with E-state index in [1.807, 2.05) is 0 Å². The average Bonchev–Trinajstić information content (AvgIpc) is 2.45. The van der Waals surface area contributed by atoms with Crippen LogP contribution < -0.4 is 10.2 Å². The number of hydrogen-bond donors (Lipinski definition) is 1. The highest BCUT2D eigenvalue weighted by atomic mass is 79.9. The van der Waals surface area contributed by atoms with Crippen LogP contribution in [0, 0.1) is 0 Å². The van der Waals surface area contributed by atoms with Gasteiger partial charge in [0, 0.05) is 56.5 Å². The number of methoxy groups -OCH3 is 1. The highest BCUT2D eigenvalue weighted by molar-refractivity contribution is 9.10. The molecule has 0 unspecified atom stereocenters. The Morgan fingerprint density at radius 2 is 2.00 bits per heavy atom. The van der Waals surface area contributed by atoms with Crippen molar-refractivity contribution in [3.63, 3.8) is 0 Å². The molecule has 1 aliphatic heterocycles. The Labute approximate surface area is 130 Å². The largest absolute Gasteiger partial charge is 0.383 e. The summed E-state index contributed by atoms with van der Waals surface area (Å²) in [6, 6.07) is 6.57. The van der Waals surface area contributed by atoms with Gasteiger partial charge in [0.15, 0.2) is 0 Å². The fourth-order valence-electron chi connectivity index (χ4n) is 2.45. The van der Waals surface area contributed by atoms with Gasteiger partial charge in [-0.1, -0.05) is 15.9 Å². The summed E-state index contributed by atoms with van der Waals surface area (Å²) in [5.74, 6) is 0. The summed E-state index contributed by atoms with van der Waals surface area (Å²) in [5.41, 5.74) is 2.70. The maximum Gasteiger partial charge on any atom is 0.0587 e. The highest BCUT2D eigenvalue weighted by Gasteiger charge is 2.16. The number of rotatable bonds is 6. The number of benzene rings is 1. The molecule has 112 valence electrons. The van der Waals surface area contributed by atoms with E-state index in [1.165, 1.54) is 11.3 Å². The molecule has 0 aliphatic carbocycles. The Kier molecular flexibility index (Phi) is 6.29. The van der Waals surface area contributed by atoms with Crippen molar-refractivity contribution in [2.24, 2.45) is 0 Å². The lowest BCUT2D eigenvalue weighted by Crippen LogP contribution is -2.45. The number of ether oxygens (including phenoxy) is 1. The van der Waals surface area contributed by atoms with E-state index in [9.17, 15) is 0 Å². The van der Waals surface area contributed by atoms with E-state index in [1.54, 1.807) is 7.11 Å². The first-order chi connectivity index (χ1) is 9.70. The molecule has 2 rings (SSSR count). The smallest absolute Gasteiger partial charge is 0.0587 e. The highest BCUT2D eigenvalue weighted by Crippen LogP contribution is 2.25. The molecule has 0 aromatic heterocycles. The van der Waals surface area contributed by atoms with E-state index in [4.69, 9.17) is 4.74 Å². The molecule has 1 aliphatic rings. The second-order valence-electron chi connectivity index (χ2n) is 5.23. The van der Waals surface area contributed by atoms with Gasteiger partial charge in [-0.2, -0.15) is 0 Å². The summed E-state index contributed by atoms with van der Waals surface area (Å²) in [4.78, 5) is 4.87. The maximum absolute atomic E-state index is 5.07. The fourth-order valence-corrected chi connectivity index (χ4v) is 2.86. The standard InChI is InChI=1S/C15H24BrN3O/c1-18-6-8-19(9-7-18)15-4-3-14(16)11-13(15)12-17-5-10-20-2/h3-4,11,17H,5-10,12H2,1-2H3. The normalized spacial score (nSPS) is 16.6. The number of anilines is 1. The van der Waals surface area contributed by atoms with Crippen molar-refractivity contribution in [3.8, 4) is 0 Å². The van der Waals surface area contributed by atoms with Crippen LogP contribution in [0.25, 0.3) is 0 Å². The van der Waals surface area contributed by atoms with Crippen molar-refractivity contribution in [3.05, 3.63) is 28.2 Å². The van der Waals surface area contributed by atoms with Crippen molar-refractivity contribution >= 4 is 21.6 Å². The minimum Gasteiger partial charge on any atom is -0.383 e. The molecular weight excluding hydrogens is 318 g/mol. The summed E-state index contributed by atoms with van der Waals surface area (Å²) in [6.45, 7) is 6.97. The van der Waals surface area contributed by atoms with Crippen LogP contribution in [-0.2, 0) is 11.3 Å². The number of piperazine rings is 1. The van der Waals surface area contributed by atoms with E-state index in [2.05, 4.69) is 56.3 Å². The minimum atomic E-state index is 0.748. The molecule has 0 atom stereocenters. The number of hydrogen-bond acceptors (Lipinski definition) is 4. The Balaban J connectivity index is 2.03. The molecule has 0 saturated carbocycles. The lowest BCUT2D eigenvalue weighted by atomic mass is 10.1. The third-order valence-electron chi connectivity index (χ3n) is 3.68. The molecule has 0 amide bonds. The van der Waals surface area contributed by atoms with Gasteiger partial charge < -0.3 is 19.9 Å². The van der Waals surface area contributed by atoms with Crippen LogP contribution in [0.1, 0.15) is 5.56 Å². The first-order valence-electron chi connectivity index (χ1n) is 7.12. The molecule has 5 heteroatoms. The van der Waals surface area contributed by atoms with Gasteiger partial charge >= 0.3 is 0 Å². The zero-order chi connectivity index (χ0) is 14.4. The van der Waals surface area contributed by atoms with E-state index >= 15 is 0 Å². The molecule has 0 spiro atoms. The third-order valence-corrected chi connectivity index (χ3v) is 4.18. The van der Waals surface area contributed by atoms with Crippen LogP contribution in [0.4, 0.5) is 5.69 Å². The molecule has 1 aromatic rings. The van der Waals surface area contributed by atoms with Gasteiger partial charge in [-0.3, -0.25) is 0 Å². The van der Waals surface area contributed by atoms with Gasteiger partial charge in [0.1, 0.15) is 0 Å². The van der Waals surface area contributed by atoms with Gasteiger partial charge in [0.25, 0.3) is 0 Å². The van der Waals surface area contributed by atoms with Crippen LogP contribution in [-0.4, -0.2) is 58.4 Å². The second-order valence-corrected chi connectivity index (χ2v) is 6.15. The fraction of sp³-hybridized carbons (Fsp3) is 0.600. The number of halogens is 1. The predicted octanol–water partition coefficient (Wildman–Crippen LogP) is 1.94. The van der Waals surface area contributed by atoms with E-state index in [0.717, 1.165) is 50.3 Å². The zero-order valence-electron chi connectivity index (χ0n) is 12.4. The van der Waals surface area contributed by atoms with Gasteiger partial charge in [0.05, 0.1) is 6.61 Å². The lowest BCUT2D eigenvalue weighted by molar-refractivity contribution is 0.199. The summed E-state index contributed by atoms with van der Waals surface area (Å²) in [6.07, 6.45) is 0. The van der Waals surface area contributed by atoms with E-state index < -0.39 is 0 Å². The Hall–Kier alpha value is -0.620. The Morgan fingerprint density at radius 3 is 2.70 bits per heavy atom. The molecule has 1 fully saturated rings. The summed E-state index contributed by atoms with van der Waals surface area (Å²) in [7, 11) is 3.92. The average molecular weight is 342 g/mol. The molecule has 0 radical (unpaired) electrons. The van der Waals surface area contributed by atoms with Gasteiger partial charge in [-0.05, 0) is 30.8 Å². The first kappa shape index (κ1) is 15.8. The molecular formula is C15H24BrN3O. The van der Waals surface area contributed by atoms with E-state index in [-0.39, 0.29) is 0 Å². The van der Waals surface area contributed by atoms with Crippen LogP contribution >= 0.6 is 15.9 Å². The molecule has 1 N–H and O–H groups in total. The van der Waals surface area contributed by atoms with Crippen LogP contribution in [0.15, 0.2) is 22.7 Å². The summed E-state index contributed by atoms with van der Waals surface area (Å²) >= 11 is 3.57. The van der Waals surface area contributed by atoms with Gasteiger partial charge in [-0.25, -0.2) is 0 Å². The molecule has 0 bridgehead atoms. The van der Waals surface area contributed by atoms with Crippen molar-refractivity contribution in [1.29, 1.82) is 0 Å². The Morgan fingerprint density at radius 1 is 1.25 bits per heavy atom. The Bertz CT molecular complexity index is 420. The van der Waals surface area contributed by atoms with Crippen LogP contribution in [0.5, 0.6) is 0 Å². The van der Waals surface area contributed by atoms with Crippen LogP contribution in [0.2, 0.25) is 0 Å².